The molecule has 5 heteroatoms. The minimum Gasteiger partial charge on any atom is -0.330 e. The van der Waals surface area contributed by atoms with Crippen molar-refractivity contribution in [2.75, 3.05) is 18.4 Å². The standard InChI is InChI=1S/C21H23FN2O2/c1-3-14-24(15-20(25)23-19-11-7-4-8-16(19)2)21(26)13-12-17-9-5-6-10-18(17)22/h4-13H,3,14-15H2,1-2H3,(H,23,25)/b13-12+. The monoisotopic (exact) mass is 354 g/mol. The predicted octanol–water partition coefficient (Wildman–Crippen LogP) is 4.02. The number of rotatable bonds is 7. The number of anilines is 1. The lowest BCUT2D eigenvalue weighted by Crippen LogP contribution is -2.37. The average Bonchev–Trinajstić information content (AvgIpc) is 2.62. The minimum atomic E-state index is -0.393. The molecule has 0 aromatic heterocycles. The highest BCUT2D eigenvalue weighted by Gasteiger charge is 2.15. The van der Waals surface area contributed by atoms with E-state index in [-0.39, 0.29) is 18.4 Å². The zero-order chi connectivity index (χ0) is 18.9. The van der Waals surface area contributed by atoms with Gasteiger partial charge in [-0.25, -0.2) is 4.39 Å². The Morgan fingerprint density at radius 2 is 1.81 bits per heavy atom. The number of hydrogen-bond acceptors (Lipinski definition) is 2. The number of para-hydroxylation sites is 1. The average molecular weight is 354 g/mol. The van der Waals surface area contributed by atoms with Gasteiger partial charge in [-0.05, 0) is 37.1 Å². The molecule has 0 bridgehead atoms. The highest BCUT2D eigenvalue weighted by atomic mass is 19.1. The maximum atomic E-state index is 13.6. The largest absolute Gasteiger partial charge is 0.330 e. The van der Waals surface area contributed by atoms with Gasteiger partial charge in [0.05, 0.1) is 0 Å². The molecule has 2 aromatic carbocycles. The second kappa shape index (κ2) is 9.51. The van der Waals surface area contributed by atoms with Gasteiger partial charge in [0.25, 0.3) is 0 Å². The van der Waals surface area contributed by atoms with Crippen molar-refractivity contribution >= 4 is 23.6 Å². The van der Waals surface area contributed by atoms with Crippen molar-refractivity contribution in [1.82, 2.24) is 4.90 Å². The molecule has 2 rings (SSSR count). The summed E-state index contributed by atoms with van der Waals surface area (Å²) in [5.41, 5.74) is 2.01. The molecule has 0 fully saturated rings. The van der Waals surface area contributed by atoms with Crippen LogP contribution in [0.1, 0.15) is 24.5 Å². The summed E-state index contributed by atoms with van der Waals surface area (Å²) in [6.45, 7) is 4.23. The van der Waals surface area contributed by atoms with Gasteiger partial charge in [-0.3, -0.25) is 9.59 Å². The van der Waals surface area contributed by atoms with Gasteiger partial charge in [0, 0.05) is 23.9 Å². The van der Waals surface area contributed by atoms with Crippen LogP contribution >= 0.6 is 0 Å². The van der Waals surface area contributed by atoms with Crippen LogP contribution in [0.2, 0.25) is 0 Å². The van der Waals surface area contributed by atoms with Crippen LogP contribution in [-0.2, 0) is 9.59 Å². The maximum Gasteiger partial charge on any atom is 0.247 e. The third-order valence-corrected chi connectivity index (χ3v) is 3.87. The van der Waals surface area contributed by atoms with E-state index in [9.17, 15) is 14.0 Å². The Kier molecular flexibility index (Phi) is 7.09. The van der Waals surface area contributed by atoms with Crippen LogP contribution in [0.4, 0.5) is 10.1 Å². The van der Waals surface area contributed by atoms with E-state index in [2.05, 4.69) is 5.32 Å². The van der Waals surface area contributed by atoms with Crippen LogP contribution in [0.3, 0.4) is 0 Å². The summed E-state index contributed by atoms with van der Waals surface area (Å²) >= 11 is 0. The fourth-order valence-corrected chi connectivity index (χ4v) is 2.49. The Bertz CT molecular complexity index is 802. The van der Waals surface area contributed by atoms with E-state index in [0.29, 0.717) is 12.1 Å². The summed E-state index contributed by atoms with van der Waals surface area (Å²) in [5, 5.41) is 2.82. The first-order valence-corrected chi connectivity index (χ1v) is 8.58. The van der Waals surface area contributed by atoms with Gasteiger partial charge in [-0.2, -0.15) is 0 Å². The van der Waals surface area contributed by atoms with Gasteiger partial charge in [0.1, 0.15) is 12.4 Å². The number of aryl methyl sites for hydroxylation is 1. The SMILES string of the molecule is CCCN(CC(=O)Nc1ccccc1C)C(=O)/C=C/c1ccccc1F. The lowest BCUT2D eigenvalue weighted by Gasteiger charge is -2.20. The number of hydrogen-bond donors (Lipinski definition) is 1. The smallest absolute Gasteiger partial charge is 0.247 e. The first kappa shape index (κ1) is 19.4. The van der Waals surface area contributed by atoms with Crippen LogP contribution < -0.4 is 5.32 Å². The number of halogens is 1. The Morgan fingerprint density at radius 1 is 1.12 bits per heavy atom. The molecule has 0 spiro atoms. The number of nitrogens with one attached hydrogen (secondary N) is 1. The third-order valence-electron chi connectivity index (χ3n) is 3.87. The molecule has 0 heterocycles. The van der Waals surface area contributed by atoms with Crippen LogP contribution in [0.5, 0.6) is 0 Å². The Morgan fingerprint density at radius 3 is 2.50 bits per heavy atom. The molecular formula is C21H23FN2O2. The number of benzene rings is 2. The summed E-state index contributed by atoms with van der Waals surface area (Å²) in [4.78, 5) is 26.2. The zero-order valence-electron chi connectivity index (χ0n) is 15.0. The van der Waals surface area contributed by atoms with E-state index >= 15 is 0 Å². The van der Waals surface area contributed by atoms with Crippen molar-refractivity contribution in [2.45, 2.75) is 20.3 Å². The summed E-state index contributed by atoms with van der Waals surface area (Å²) in [6, 6.07) is 13.7. The number of carbonyl (C=O) groups is 2. The number of amides is 2. The van der Waals surface area contributed by atoms with Gasteiger partial charge < -0.3 is 10.2 Å². The van der Waals surface area contributed by atoms with E-state index in [1.54, 1.807) is 18.2 Å². The fraction of sp³-hybridized carbons (Fsp3) is 0.238. The van der Waals surface area contributed by atoms with Crippen molar-refractivity contribution in [3.05, 3.63) is 71.6 Å². The lowest BCUT2D eigenvalue weighted by atomic mass is 10.2. The highest BCUT2D eigenvalue weighted by Crippen LogP contribution is 2.13. The van der Waals surface area contributed by atoms with Gasteiger partial charge in [-0.15, -0.1) is 0 Å². The molecule has 0 aliphatic rings. The molecule has 2 amide bonds. The van der Waals surface area contributed by atoms with E-state index in [0.717, 1.165) is 17.7 Å². The zero-order valence-corrected chi connectivity index (χ0v) is 15.0. The second-order valence-electron chi connectivity index (χ2n) is 5.98. The normalized spacial score (nSPS) is 10.7. The highest BCUT2D eigenvalue weighted by molar-refractivity contribution is 5.98. The molecule has 1 N–H and O–H groups in total. The first-order valence-electron chi connectivity index (χ1n) is 8.58. The van der Waals surface area contributed by atoms with Crippen molar-refractivity contribution in [3.63, 3.8) is 0 Å². The molecule has 2 aromatic rings. The second-order valence-corrected chi connectivity index (χ2v) is 5.98. The maximum absolute atomic E-state index is 13.6. The Hall–Kier alpha value is -2.95. The summed E-state index contributed by atoms with van der Waals surface area (Å²) in [7, 11) is 0. The summed E-state index contributed by atoms with van der Waals surface area (Å²) in [6.07, 6.45) is 3.45. The topological polar surface area (TPSA) is 49.4 Å². The van der Waals surface area contributed by atoms with E-state index in [1.165, 1.54) is 23.1 Å². The van der Waals surface area contributed by atoms with Crippen LogP contribution in [0.15, 0.2) is 54.6 Å². The molecule has 0 aliphatic heterocycles. The van der Waals surface area contributed by atoms with Gasteiger partial charge in [0.2, 0.25) is 11.8 Å². The first-order chi connectivity index (χ1) is 12.5. The predicted molar refractivity (Wildman–Crippen MR) is 102 cm³/mol. The van der Waals surface area contributed by atoms with Crippen molar-refractivity contribution in [3.8, 4) is 0 Å². The van der Waals surface area contributed by atoms with E-state index in [1.807, 2.05) is 38.1 Å². The number of nitrogens with zero attached hydrogens (tertiary/aromatic N) is 1. The lowest BCUT2D eigenvalue weighted by molar-refractivity contribution is -0.130. The summed E-state index contributed by atoms with van der Waals surface area (Å²) in [5.74, 6) is -0.980. The quantitative estimate of drug-likeness (QED) is 0.764. The van der Waals surface area contributed by atoms with Crippen LogP contribution in [0.25, 0.3) is 6.08 Å². The van der Waals surface area contributed by atoms with Gasteiger partial charge >= 0.3 is 0 Å². The van der Waals surface area contributed by atoms with Crippen molar-refractivity contribution in [2.24, 2.45) is 0 Å². The molecule has 26 heavy (non-hydrogen) atoms. The molecule has 0 atom stereocenters. The van der Waals surface area contributed by atoms with Crippen molar-refractivity contribution in [1.29, 1.82) is 0 Å². The number of carbonyl (C=O) groups excluding carboxylic acids is 2. The molecule has 0 saturated carbocycles. The molecule has 0 aliphatic carbocycles. The minimum absolute atomic E-state index is 0.0530. The van der Waals surface area contributed by atoms with Gasteiger partial charge in [0.15, 0.2) is 0 Å². The van der Waals surface area contributed by atoms with Gasteiger partial charge in [-0.1, -0.05) is 43.3 Å². The molecule has 136 valence electrons. The summed E-state index contributed by atoms with van der Waals surface area (Å²) < 4.78 is 13.6. The van der Waals surface area contributed by atoms with Crippen LogP contribution in [-0.4, -0.2) is 29.8 Å². The van der Waals surface area contributed by atoms with Crippen LogP contribution in [0, 0.1) is 12.7 Å². The van der Waals surface area contributed by atoms with Crippen molar-refractivity contribution < 1.29 is 14.0 Å². The third kappa shape index (κ3) is 5.55. The molecular weight excluding hydrogens is 331 g/mol. The fourth-order valence-electron chi connectivity index (χ4n) is 2.49. The Labute approximate surface area is 153 Å². The Balaban J connectivity index is 2.03. The molecule has 0 saturated heterocycles. The molecule has 0 unspecified atom stereocenters. The van der Waals surface area contributed by atoms with E-state index < -0.39 is 5.82 Å². The molecule has 0 radical (unpaired) electrons. The molecule has 4 nitrogen and oxygen atoms in total. The van der Waals surface area contributed by atoms with E-state index in [4.69, 9.17) is 0 Å².